The van der Waals surface area contributed by atoms with Crippen molar-refractivity contribution in [1.82, 2.24) is 4.90 Å². The molecule has 0 aromatic heterocycles. The zero-order chi connectivity index (χ0) is 10.9. The van der Waals surface area contributed by atoms with Gasteiger partial charge in [0.1, 0.15) is 5.37 Å². The summed E-state index contributed by atoms with van der Waals surface area (Å²) in [6, 6.07) is 0. The highest BCUT2D eigenvalue weighted by Gasteiger charge is 2.33. The van der Waals surface area contributed by atoms with Gasteiger partial charge in [-0.2, -0.15) is 0 Å². The van der Waals surface area contributed by atoms with E-state index >= 15 is 0 Å². The molecule has 82 valence electrons. The lowest BCUT2D eigenvalue weighted by molar-refractivity contribution is 0.0781. The summed E-state index contributed by atoms with van der Waals surface area (Å²) in [5.41, 5.74) is 5.43. The molecule has 6 nitrogen and oxygen atoms in total. The van der Waals surface area contributed by atoms with E-state index in [4.69, 9.17) is 10.8 Å². The molecule has 3 N–H and O–H groups in total. The number of sulfone groups is 1. The zero-order valence-corrected chi connectivity index (χ0v) is 8.70. The van der Waals surface area contributed by atoms with Gasteiger partial charge in [0, 0.05) is 19.3 Å². The monoisotopic (exact) mass is 222 g/mol. The van der Waals surface area contributed by atoms with Crippen LogP contribution < -0.4 is 5.73 Å². The summed E-state index contributed by atoms with van der Waals surface area (Å²) >= 11 is 0. The molecule has 1 aliphatic rings. The number of carbonyl (C=O) groups is 1. The molecule has 14 heavy (non-hydrogen) atoms. The predicted octanol–water partition coefficient (Wildman–Crippen LogP) is -0.684. The molecule has 7 heteroatoms. The predicted molar refractivity (Wildman–Crippen MR) is 50.5 cm³/mol. The third-order valence-electron chi connectivity index (χ3n) is 2.34. The van der Waals surface area contributed by atoms with Crippen molar-refractivity contribution >= 4 is 15.9 Å². The van der Waals surface area contributed by atoms with Crippen LogP contribution >= 0.6 is 0 Å². The molecule has 1 saturated heterocycles. The Bertz CT molecular complexity index is 321. The van der Waals surface area contributed by atoms with Gasteiger partial charge < -0.3 is 15.7 Å². The molecule has 0 saturated carbocycles. The molecule has 1 rings (SSSR count). The summed E-state index contributed by atoms with van der Waals surface area (Å²) < 4.78 is 21.9. The molecule has 1 amide bonds. The molecule has 1 aliphatic heterocycles. The Morgan fingerprint density at radius 1 is 1.64 bits per heavy atom. The SMILES string of the molecule is CS(=O)(=O)[C@@H](N)CC1CN(C(=O)O)C1. The van der Waals surface area contributed by atoms with Crippen molar-refractivity contribution in [2.45, 2.75) is 11.8 Å². The first-order valence-electron chi connectivity index (χ1n) is 4.23. The molecule has 1 fully saturated rings. The van der Waals surface area contributed by atoms with E-state index in [2.05, 4.69) is 0 Å². The van der Waals surface area contributed by atoms with Crippen LogP contribution in [0.4, 0.5) is 4.79 Å². The van der Waals surface area contributed by atoms with Crippen LogP contribution in [0.25, 0.3) is 0 Å². The van der Waals surface area contributed by atoms with Crippen molar-refractivity contribution in [2.75, 3.05) is 19.3 Å². The van der Waals surface area contributed by atoms with Crippen LogP contribution in [0.2, 0.25) is 0 Å². The highest BCUT2D eigenvalue weighted by Crippen LogP contribution is 2.21. The van der Waals surface area contributed by atoms with Gasteiger partial charge in [0.05, 0.1) is 0 Å². The van der Waals surface area contributed by atoms with Crippen molar-refractivity contribution in [3.8, 4) is 0 Å². The van der Waals surface area contributed by atoms with Gasteiger partial charge in [-0.05, 0) is 12.3 Å². The fraction of sp³-hybridized carbons (Fsp3) is 0.857. The lowest BCUT2D eigenvalue weighted by Gasteiger charge is -2.37. The number of amides is 1. The van der Waals surface area contributed by atoms with E-state index in [1.807, 2.05) is 0 Å². The summed E-state index contributed by atoms with van der Waals surface area (Å²) in [5.74, 6) is 0.0795. The minimum Gasteiger partial charge on any atom is -0.465 e. The highest BCUT2D eigenvalue weighted by molar-refractivity contribution is 7.91. The number of carboxylic acid groups (broad SMARTS) is 1. The van der Waals surface area contributed by atoms with Crippen molar-refractivity contribution in [3.63, 3.8) is 0 Å². The van der Waals surface area contributed by atoms with Crippen LogP contribution in [0, 0.1) is 5.92 Å². The first-order valence-corrected chi connectivity index (χ1v) is 6.18. The fourth-order valence-electron chi connectivity index (χ4n) is 1.38. The summed E-state index contributed by atoms with van der Waals surface area (Å²) in [6.07, 6.45) is 0.461. The molecule has 1 heterocycles. The number of hydrogen-bond donors (Lipinski definition) is 2. The molecule has 1 atom stereocenters. The largest absolute Gasteiger partial charge is 0.465 e. The van der Waals surface area contributed by atoms with E-state index in [-0.39, 0.29) is 5.92 Å². The molecule has 0 radical (unpaired) electrons. The van der Waals surface area contributed by atoms with E-state index in [1.165, 1.54) is 4.90 Å². The van der Waals surface area contributed by atoms with Gasteiger partial charge in [-0.25, -0.2) is 13.2 Å². The van der Waals surface area contributed by atoms with Gasteiger partial charge in [0.2, 0.25) is 0 Å². The molecule has 0 spiro atoms. The second kappa shape index (κ2) is 3.74. The average Bonchev–Trinajstić information content (AvgIpc) is 1.92. The van der Waals surface area contributed by atoms with Gasteiger partial charge in [-0.15, -0.1) is 0 Å². The van der Waals surface area contributed by atoms with Gasteiger partial charge in [0.15, 0.2) is 9.84 Å². The van der Waals surface area contributed by atoms with Crippen molar-refractivity contribution in [1.29, 1.82) is 0 Å². The Kier molecular flexibility index (Phi) is 3.01. The number of rotatable bonds is 3. The first kappa shape index (κ1) is 11.3. The topological polar surface area (TPSA) is 101 Å². The van der Waals surface area contributed by atoms with Gasteiger partial charge in [0.25, 0.3) is 0 Å². The Morgan fingerprint density at radius 2 is 2.14 bits per heavy atom. The second-order valence-electron chi connectivity index (χ2n) is 3.66. The standard InChI is InChI=1S/C7H14N2O4S/c1-14(12,13)6(8)2-5-3-9(4-5)7(10)11/h5-6H,2-4,8H2,1H3,(H,10,11)/t6-/m1/s1. The van der Waals surface area contributed by atoms with Crippen molar-refractivity contribution in [3.05, 3.63) is 0 Å². The van der Waals surface area contributed by atoms with Gasteiger partial charge in [-0.3, -0.25) is 0 Å². The van der Waals surface area contributed by atoms with E-state index in [1.54, 1.807) is 0 Å². The minimum atomic E-state index is -3.20. The van der Waals surface area contributed by atoms with E-state index in [9.17, 15) is 13.2 Å². The van der Waals surface area contributed by atoms with E-state index in [0.29, 0.717) is 19.5 Å². The molecule has 0 aliphatic carbocycles. The number of nitrogens with zero attached hydrogens (tertiary/aromatic N) is 1. The lowest BCUT2D eigenvalue weighted by Crippen LogP contribution is -2.51. The van der Waals surface area contributed by atoms with Crippen LogP contribution in [-0.2, 0) is 9.84 Å². The third-order valence-corrected chi connectivity index (χ3v) is 3.64. The molecular formula is C7H14N2O4S. The Labute approximate surface area is 82.6 Å². The lowest BCUT2D eigenvalue weighted by atomic mass is 9.97. The normalized spacial score (nSPS) is 20.3. The first-order chi connectivity index (χ1) is 6.30. The maximum Gasteiger partial charge on any atom is 0.407 e. The summed E-state index contributed by atoms with van der Waals surface area (Å²) in [5, 5.41) is 7.65. The van der Waals surface area contributed by atoms with Crippen molar-refractivity contribution in [2.24, 2.45) is 11.7 Å². The van der Waals surface area contributed by atoms with Gasteiger partial charge in [-0.1, -0.05) is 0 Å². The quantitative estimate of drug-likeness (QED) is 0.658. The Morgan fingerprint density at radius 3 is 2.50 bits per heavy atom. The Balaban J connectivity index is 2.34. The van der Waals surface area contributed by atoms with Crippen LogP contribution in [0.15, 0.2) is 0 Å². The van der Waals surface area contributed by atoms with Crippen LogP contribution in [0.5, 0.6) is 0 Å². The average molecular weight is 222 g/mol. The summed E-state index contributed by atoms with van der Waals surface area (Å²) in [6.45, 7) is 0.775. The van der Waals surface area contributed by atoms with E-state index < -0.39 is 21.3 Å². The van der Waals surface area contributed by atoms with Crippen molar-refractivity contribution < 1.29 is 18.3 Å². The van der Waals surface area contributed by atoms with E-state index in [0.717, 1.165) is 6.26 Å². The smallest absolute Gasteiger partial charge is 0.407 e. The second-order valence-corrected chi connectivity index (χ2v) is 5.92. The maximum atomic E-state index is 11.0. The maximum absolute atomic E-state index is 11.0. The van der Waals surface area contributed by atoms with Crippen LogP contribution in [0.1, 0.15) is 6.42 Å². The third kappa shape index (κ3) is 2.58. The molecule has 0 bridgehead atoms. The molecule has 0 aromatic carbocycles. The highest BCUT2D eigenvalue weighted by atomic mass is 32.2. The van der Waals surface area contributed by atoms with Crippen LogP contribution in [0.3, 0.4) is 0 Å². The summed E-state index contributed by atoms with van der Waals surface area (Å²) in [7, 11) is -3.20. The minimum absolute atomic E-state index is 0.0795. The number of nitrogens with two attached hydrogens (primary N) is 1. The molecule has 0 unspecified atom stereocenters. The summed E-state index contributed by atoms with van der Waals surface area (Å²) in [4.78, 5) is 11.6. The molecule has 0 aromatic rings. The van der Waals surface area contributed by atoms with Crippen LogP contribution in [-0.4, -0.2) is 49.2 Å². The number of hydrogen-bond acceptors (Lipinski definition) is 4. The number of likely N-dealkylation sites (tertiary alicyclic amines) is 1. The Hall–Kier alpha value is -0.820. The zero-order valence-electron chi connectivity index (χ0n) is 7.88. The molecular weight excluding hydrogens is 208 g/mol. The van der Waals surface area contributed by atoms with Gasteiger partial charge >= 0.3 is 6.09 Å². The fourth-order valence-corrected chi connectivity index (χ4v) is 2.00.